The molecule has 0 radical (unpaired) electrons. The summed E-state index contributed by atoms with van der Waals surface area (Å²) in [6.07, 6.45) is 2.56. The van der Waals surface area contributed by atoms with Gasteiger partial charge >= 0.3 is 0 Å². The van der Waals surface area contributed by atoms with E-state index in [1.165, 1.54) is 5.56 Å². The minimum Gasteiger partial charge on any atom is -0.443 e. The van der Waals surface area contributed by atoms with Crippen LogP contribution in [0.4, 0.5) is 0 Å². The van der Waals surface area contributed by atoms with Gasteiger partial charge in [0, 0.05) is 18.6 Å². The van der Waals surface area contributed by atoms with Gasteiger partial charge in [-0.2, -0.15) is 0 Å². The van der Waals surface area contributed by atoms with Crippen LogP contribution in [0.3, 0.4) is 0 Å². The van der Waals surface area contributed by atoms with Crippen LogP contribution in [0, 0.1) is 0 Å². The van der Waals surface area contributed by atoms with Crippen LogP contribution in [0.15, 0.2) is 57.5 Å². The lowest BCUT2D eigenvalue weighted by Gasteiger charge is -2.10. The predicted molar refractivity (Wildman–Crippen MR) is 103 cm³/mol. The topological polar surface area (TPSA) is 62.5 Å². The van der Waals surface area contributed by atoms with Crippen molar-refractivity contribution >= 4 is 28.9 Å². The quantitative estimate of drug-likeness (QED) is 0.506. The Balaban J connectivity index is 1.45. The Hall–Kier alpha value is -2.31. The minimum atomic E-state index is 0.551. The zero-order valence-corrected chi connectivity index (χ0v) is 15.4. The number of benzene rings is 1. The maximum absolute atomic E-state index is 5.89. The van der Waals surface area contributed by atoms with Crippen molar-refractivity contribution in [2.24, 2.45) is 4.99 Å². The van der Waals surface area contributed by atoms with Crippen LogP contribution < -0.4 is 10.6 Å². The lowest BCUT2D eigenvalue weighted by molar-refractivity contribution is 0.573. The number of aromatic nitrogens is 1. The summed E-state index contributed by atoms with van der Waals surface area (Å²) >= 11 is 7.50. The maximum atomic E-state index is 5.89. The fraction of sp³-hybridized carbons (Fsp3) is 0.222. The fourth-order valence-electron chi connectivity index (χ4n) is 2.27. The molecule has 25 heavy (non-hydrogen) atoms. The Morgan fingerprint density at radius 2 is 2.08 bits per heavy atom. The summed E-state index contributed by atoms with van der Waals surface area (Å²) < 4.78 is 5.51. The molecule has 0 saturated heterocycles. The van der Waals surface area contributed by atoms with Gasteiger partial charge in [0.2, 0.25) is 5.89 Å². The Morgan fingerprint density at radius 1 is 1.24 bits per heavy atom. The molecule has 3 rings (SSSR count). The summed E-state index contributed by atoms with van der Waals surface area (Å²) in [5, 5.41) is 9.28. The van der Waals surface area contributed by atoms with Gasteiger partial charge in [-0.15, -0.1) is 11.3 Å². The Bertz CT molecular complexity index is 812. The van der Waals surface area contributed by atoms with Crippen molar-refractivity contribution in [3.05, 3.63) is 64.3 Å². The van der Waals surface area contributed by atoms with Crippen LogP contribution in [0.5, 0.6) is 0 Å². The van der Waals surface area contributed by atoms with Crippen LogP contribution in [-0.4, -0.2) is 24.5 Å². The van der Waals surface area contributed by atoms with Crippen molar-refractivity contribution in [3.63, 3.8) is 0 Å². The first-order chi connectivity index (χ1) is 12.2. The molecule has 5 nitrogen and oxygen atoms in total. The van der Waals surface area contributed by atoms with E-state index in [1.807, 2.05) is 41.8 Å². The van der Waals surface area contributed by atoms with Crippen LogP contribution in [0.2, 0.25) is 5.02 Å². The van der Waals surface area contributed by atoms with Gasteiger partial charge in [0.25, 0.3) is 0 Å². The standard InChI is InChI=1S/C18H19ClN4OS/c1-20-18(21-9-8-13-4-6-14(19)7-5-13)22-11-15-12-24-17(23-15)16-3-2-10-25-16/h2-7,10,12H,8-9,11H2,1H3,(H2,20,21,22). The molecule has 0 spiro atoms. The van der Waals surface area contributed by atoms with E-state index in [0.717, 1.165) is 34.5 Å². The molecule has 0 saturated carbocycles. The first-order valence-electron chi connectivity index (χ1n) is 7.92. The summed E-state index contributed by atoms with van der Waals surface area (Å²) in [5.74, 6) is 1.38. The van der Waals surface area contributed by atoms with E-state index in [-0.39, 0.29) is 0 Å². The number of oxazole rings is 1. The molecule has 0 aliphatic carbocycles. The molecule has 7 heteroatoms. The van der Waals surface area contributed by atoms with Crippen molar-refractivity contribution in [1.82, 2.24) is 15.6 Å². The fourth-order valence-corrected chi connectivity index (χ4v) is 3.05. The van der Waals surface area contributed by atoms with E-state index in [4.69, 9.17) is 16.0 Å². The highest BCUT2D eigenvalue weighted by Gasteiger charge is 2.08. The lowest BCUT2D eigenvalue weighted by Crippen LogP contribution is -2.37. The van der Waals surface area contributed by atoms with Gasteiger partial charge in [0.05, 0.1) is 17.1 Å². The average Bonchev–Trinajstić information content (AvgIpc) is 3.31. The molecule has 0 aliphatic heterocycles. The molecule has 0 amide bonds. The van der Waals surface area contributed by atoms with E-state index in [9.17, 15) is 0 Å². The van der Waals surface area contributed by atoms with Crippen LogP contribution in [0.25, 0.3) is 10.8 Å². The molecule has 0 fully saturated rings. The van der Waals surface area contributed by atoms with Crippen molar-refractivity contribution < 1.29 is 4.42 Å². The maximum Gasteiger partial charge on any atom is 0.236 e. The smallest absolute Gasteiger partial charge is 0.236 e. The summed E-state index contributed by atoms with van der Waals surface area (Å²) in [6, 6.07) is 11.8. The highest BCUT2D eigenvalue weighted by molar-refractivity contribution is 7.13. The number of thiophene rings is 1. The normalized spacial score (nSPS) is 11.5. The number of guanidine groups is 1. The number of nitrogens with zero attached hydrogens (tertiary/aromatic N) is 2. The molecule has 1 aromatic carbocycles. The number of hydrogen-bond donors (Lipinski definition) is 2. The second-order valence-corrected chi connectivity index (χ2v) is 6.73. The van der Waals surface area contributed by atoms with E-state index in [1.54, 1.807) is 24.6 Å². The third-order valence-corrected chi connectivity index (χ3v) is 4.67. The molecular weight excluding hydrogens is 356 g/mol. The third-order valence-electron chi connectivity index (χ3n) is 3.56. The minimum absolute atomic E-state index is 0.551. The van der Waals surface area contributed by atoms with Crippen molar-refractivity contribution in [2.45, 2.75) is 13.0 Å². The van der Waals surface area contributed by atoms with Crippen LogP contribution in [0.1, 0.15) is 11.3 Å². The van der Waals surface area contributed by atoms with Gasteiger partial charge in [-0.25, -0.2) is 4.98 Å². The van der Waals surface area contributed by atoms with Crippen molar-refractivity contribution in [1.29, 1.82) is 0 Å². The molecule has 0 aliphatic rings. The highest BCUT2D eigenvalue weighted by atomic mass is 35.5. The lowest BCUT2D eigenvalue weighted by atomic mass is 10.1. The van der Waals surface area contributed by atoms with Crippen molar-refractivity contribution in [3.8, 4) is 10.8 Å². The monoisotopic (exact) mass is 374 g/mol. The van der Waals surface area contributed by atoms with E-state index in [0.29, 0.717) is 12.4 Å². The number of halogens is 1. The predicted octanol–water partition coefficient (Wildman–Crippen LogP) is 3.96. The largest absolute Gasteiger partial charge is 0.443 e. The molecule has 0 unspecified atom stereocenters. The second kappa shape index (κ2) is 8.69. The zero-order valence-electron chi connectivity index (χ0n) is 13.8. The van der Waals surface area contributed by atoms with Gasteiger partial charge in [-0.05, 0) is 35.6 Å². The third kappa shape index (κ3) is 5.08. The summed E-state index contributed by atoms with van der Waals surface area (Å²) in [5.41, 5.74) is 2.06. The molecule has 2 N–H and O–H groups in total. The molecule has 130 valence electrons. The molecular formula is C18H19ClN4OS. The van der Waals surface area contributed by atoms with Gasteiger partial charge in [0.1, 0.15) is 6.26 Å². The average molecular weight is 375 g/mol. The summed E-state index contributed by atoms with van der Waals surface area (Å²) in [4.78, 5) is 9.73. The molecule has 3 aromatic rings. The van der Waals surface area contributed by atoms with Gasteiger partial charge in [-0.1, -0.05) is 29.8 Å². The molecule has 0 bridgehead atoms. The molecule has 2 heterocycles. The molecule has 0 atom stereocenters. The summed E-state index contributed by atoms with van der Waals surface area (Å²) in [7, 11) is 1.75. The summed E-state index contributed by atoms with van der Waals surface area (Å²) in [6.45, 7) is 1.33. The van der Waals surface area contributed by atoms with Gasteiger partial charge in [-0.3, -0.25) is 4.99 Å². The van der Waals surface area contributed by atoms with Gasteiger partial charge < -0.3 is 15.1 Å². The SMILES string of the molecule is CN=C(NCCc1ccc(Cl)cc1)NCc1coc(-c2cccs2)n1. The first kappa shape index (κ1) is 17.5. The number of nitrogens with one attached hydrogen (secondary N) is 2. The highest BCUT2D eigenvalue weighted by Crippen LogP contribution is 2.23. The van der Waals surface area contributed by atoms with Gasteiger partial charge in [0.15, 0.2) is 5.96 Å². The molecule has 2 aromatic heterocycles. The van der Waals surface area contributed by atoms with Crippen LogP contribution >= 0.6 is 22.9 Å². The van der Waals surface area contributed by atoms with E-state index >= 15 is 0 Å². The van der Waals surface area contributed by atoms with Crippen LogP contribution in [-0.2, 0) is 13.0 Å². The van der Waals surface area contributed by atoms with E-state index < -0.39 is 0 Å². The Morgan fingerprint density at radius 3 is 2.80 bits per heavy atom. The first-order valence-corrected chi connectivity index (χ1v) is 9.17. The number of rotatable bonds is 6. The zero-order chi connectivity index (χ0) is 17.5. The van der Waals surface area contributed by atoms with E-state index in [2.05, 4.69) is 20.6 Å². The van der Waals surface area contributed by atoms with Crippen molar-refractivity contribution in [2.75, 3.05) is 13.6 Å². The number of aliphatic imine (C=N–C) groups is 1. The Kier molecular flexibility index (Phi) is 6.09. The Labute approximate surface area is 155 Å². The second-order valence-electron chi connectivity index (χ2n) is 5.35. The number of hydrogen-bond acceptors (Lipinski definition) is 4.